The molecule has 0 saturated heterocycles. The molecule has 25 heavy (non-hydrogen) atoms. The van der Waals surface area contributed by atoms with Crippen LogP contribution in [0.25, 0.3) is 0 Å². The zero-order valence-corrected chi connectivity index (χ0v) is 15.6. The van der Waals surface area contributed by atoms with Gasteiger partial charge in [-0.25, -0.2) is 4.98 Å². The molecule has 1 amide bonds. The maximum absolute atomic E-state index is 12.5. The van der Waals surface area contributed by atoms with Crippen molar-refractivity contribution in [3.63, 3.8) is 0 Å². The summed E-state index contributed by atoms with van der Waals surface area (Å²) in [5.41, 5.74) is 1.78. The lowest BCUT2D eigenvalue weighted by Crippen LogP contribution is -2.25. The first-order valence-electron chi connectivity index (χ1n) is 8.11. The van der Waals surface area contributed by atoms with Gasteiger partial charge in [0.1, 0.15) is 0 Å². The van der Waals surface area contributed by atoms with Crippen molar-refractivity contribution in [1.82, 2.24) is 20.1 Å². The largest absolute Gasteiger partial charge is 0.352 e. The first kappa shape index (κ1) is 17.7. The SMILES string of the molecule is Cc1nc(CSc2ccccc2C(=O)NCCCn2cccn2)cs1. The van der Waals surface area contributed by atoms with Crippen molar-refractivity contribution < 1.29 is 4.79 Å². The molecule has 0 bridgehead atoms. The van der Waals surface area contributed by atoms with Crippen molar-refractivity contribution in [1.29, 1.82) is 0 Å². The summed E-state index contributed by atoms with van der Waals surface area (Å²) in [6, 6.07) is 9.62. The number of rotatable bonds is 8. The molecular weight excluding hydrogens is 352 g/mol. The maximum Gasteiger partial charge on any atom is 0.252 e. The number of hydrogen-bond donors (Lipinski definition) is 1. The van der Waals surface area contributed by atoms with Gasteiger partial charge in [-0.3, -0.25) is 9.48 Å². The van der Waals surface area contributed by atoms with Gasteiger partial charge in [-0.2, -0.15) is 5.10 Å². The van der Waals surface area contributed by atoms with Gasteiger partial charge in [0.2, 0.25) is 0 Å². The molecule has 5 nitrogen and oxygen atoms in total. The van der Waals surface area contributed by atoms with E-state index in [0.717, 1.165) is 39.9 Å². The number of nitrogens with one attached hydrogen (secondary N) is 1. The normalized spacial score (nSPS) is 10.8. The number of amides is 1. The van der Waals surface area contributed by atoms with Gasteiger partial charge in [0.25, 0.3) is 5.91 Å². The van der Waals surface area contributed by atoms with Crippen LogP contribution in [0.4, 0.5) is 0 Å². The predicted octanol–water partition coefficient (Wildman–Crippen LogP) is 3.76. The molecule has 0 aliphatic carbocycles. The lowest BCUT2D eigenvalue weighted by molar-refractivity contribution is 0.0949. The summed E-state index contributed by atoms with van der Waals surface area (Å²) >= 11 is 3.30. The summed E-state index contributed by atoms with van der Waals surface area (Å²) in [5.74, 6) is 0.742. The van der Waals surface area contributed by atoms with E-state index >= 15 is 0 Å². The van der Waals surface area contributed by atoms with Crippen molar-refractivity contribution in [2.24, 2.45) is 0 Å². The molecule has 0 aliphatic heterocycles. The third-order valence-corrected chi connectivity index (χ3v) is 5.51. The van der Waals surface area contributed by atoms with Crippen LogP contribution in [-0.4, -0.2) is 27.2 Å². The monoisotopic (exact) mass is 372 g/mol. The van der Waals surface area contributed by atoms with Crippen LogP contribution in [0.15, 0.2) is 53.0 Å². The van der Waals surface area contributed by atoms with Gasteiger partial charge < -0.3 is 5.32 Å². The maximum atomic E-state index is 12.5. The van der Waals surface area contributed by atoms with Crippen molar-refractivity contribution in [3.05, 3.63) is 64.4 Å². The molecule has 130 valence electrons. The molecule has 0 saturated carbocycles. The van der Waals surface area contributed by atoms with Crippen LogP contribution in [-0.2, 0) is 12.3 Å². The Balaban J connectivity index is 1.52. The molecule has 0 aliphatic rings. The molecule has 1 aromatic carbocycles. The smallest absolute Gasteiger partial charge is 0.252 e. The van der Waals surface area contributed by atoms with Crippen LogP contribution in [0.1, 0.15) is 27.5 Å². The number of thioether (sulfide) groups is 1. The first-order chi connectivity index (χ1) is 12.2. The number of nitrogens with zero attached hydrogens (tertiary/aromatic N) is 3. The molecule has 0 unspecified atom stereocenters. The van der Waals surface area contributed by atoms with Gasteiger partial charge in [-0.15, -0.1) is 23.1 Å². The van der Waals surface area contributed by atoms with Gasteiger partial charge in [-0.1, -0.05) is 12.1 Å². The molecule has 1 N–H and O–H groups in total. The second-order valence-corrected chi connectivity index (χ2v) is 7.60. The van der Waals surface area contributed by atoms with E-state index in [1.165, 1.54) is 0 Å². The number of carbonyl (C=O) groups excluding carboxylic acids is 1. The van der Waals surface area contributed by atoms with Gasteiger partial charge in [-0.05, 0) is 31.5 Å². The van der Waals surface area contributed by atoms with E-state index in [1.807, 2.05) is 48.1 Å². The topological polar surface area (TPSA) is 59.8 Å². The fourth-order valence-corrected chi connectivity index (χ4v) is 4.04. The minimum absolute atomic E-state index is 0.0296. The standard InChI is InChI=1S/C18H20N4OS2/c1-14-21-15(12-24-14)13-25-17-7-3-2-6-16(17)18(23)19-8-4-10-22-11-5-9-20-22/h2-3,5-7,9,11-12H,4,8,10,13H2,1H3,(H,19,23). The Morgan fingerprint density at radius 1 is 1.32 bits per heavy atom. The fourth-order valence-electron chi connectivity index (χ4n) is 2.38. The van der Waals surface area contributed by atoms with Crippen molar-refractivity contribution in [2.75, 3.05) is 6.54 Å². The van der Waals surface area contributed by atoms with Crippen molar-refractivity contribution >= 4 is 29.0 Å². The zero-order valence-electron chi connectivity index (χ0n) is 14.0. The van der Waals surface area contributed by atoms with E-state index in [1.54, 1.807) is 29.3 Å². The first-order valence-corrected chi connectivity index (χ1v) is 9.97. The van der Waals surface area contributed by atoms with Crippen molar-refractivity contribution in [3.8, 4) is 0 Å². The Hall–Kier alpha value is -2.12. The van der Waals surface area contributed by atoms with Crippen LogP contribution >= 0.6 is 23.1 Å². The van der Waals surface area contributed by atoms with E-state index in [4.69, 9.17) is 0 Å². The Kier molecular flexibility index (Phi) is 6.25. The average Bonchev–Trinajstić information content (AvgIpc) is 3.28. The van der Waals surface area contributed by atoms with E-state index in [0.29, 0.717) is 6.54 Å². The molecule has 0 fully saturated rings. The summed E-state index contributed by atoms with van der Waals surface area (Å²) < 4.78 is 1.87. The Bertz CT molecular complexity index is 814. The minimum Gasteiger partial charge on any atom is -0.352 e. The van der Waals surface area contributed by atoms with Gasteiger partial charge in [0.15, 0.2) is 0 Å². The van der Waals surface area contributed by atoms with E-state index in [-0.39, 0.29) is 5.91 Å². The van der Waals surface area contributed by atoms with Crippen LogP contribution in [0, 0.1) is 6.92 Å². The zero-order chi connectivity index (χ0) is 17.5. The molecule has 7 heteroatoms. The Morgan fingerprint density at radius 3 is 2.96 bits per heavy atom. The number of aryl methyl sites for hydroxylation is 2. The molecule has 3 rings (SSSR count). The Labute approximate surface area is 155 Å². The van der Waals surface area contributed by atoms with Gasteiger partial charge in [0, 0.05) is 41.5 Å². The summed E-state index contributed by atoms with van der Waals surface area (Å²) in [6.45, 7) is 3.43. The molecule has 2 heterocycles. The molecule has 0 spiro atoms. The highest BCUT2D eigenvalue weighted by Crippen LogP contribution is 2.26. The third-order valence-electron chi connectivity index (χ3n) is 3.58. The number of hydrogen-bond acceptors (Lipinski definition) is 5. The molecule has 3 aromatic rings. The minimum atomic E-state index is -0.0296. The summed E-state index contributed by atoms with van der Waals surface area (Å²) in [7, 11) is 0. The number of benzene rings is 1. The number of aromatic nitrogens is 3. The Morgan fingerprint density at radius 2 is 2.20 bits per heavy atom. The summed E-state index contributed by atoms with van der Waals surface area (Å²) in [4.78, 5) is 17.9. The van der Waals surface area contributed by atoms with Crippen LogP contribution in [0.5, 0.6) is 0 Å². The molecular formula is C18H20N4OS2. The summed E-state index contributed by atoms with van der Waals surface area (Å²) in [5, 5.41) is 10.3. The van der Waals surface area contributed by atoms with E-state index < -0.39 is 0 Å². The number of carbonyl (C=O) groups is 1. The third kappa shape index (κ3) is 5.17. The van der Waals surface area contributed by atoms with E-state index in [2.05, 4.69) is 20.8 Å². The quantitative estimate of drug-likeness (QED) is 0.483. The second-order valence-electron chi connectivity index (χ2n) is 5.52. The van der Waals surface area contributed by atoms with E-state index in [9.17, 15) is 4.79 Å². The lowest BCUT2D eigenvalue weighted by atomic mass is 10.2. The highest BCUT2D eigenvalue weighted by Gasteiger charge is 2.11. The fraction of sp³-hybridized carbons (Fsp3) is 0.278. The molecule has 0 radical (unpaired) electrons. The van der Waals surface area contributed by atoms with Crippen LogP contribution in [0.2, 0.25) is 0 Å². The lowest BCUT2D eigenvalue weighted by Gasteiger charge is -2.09. The highest BCUT2D eigenvalue weighted by atomic mass is 32.2. The highest BCUT2D eigenvalue weighted by molar-refractivity contribution is 7.98. The van der Waals surface area contributed by atoms with Gasteiger partial charge >= 0.3 is 0 Å². The average molecular weight is 373 g/mol. The van der Waals surface area contributed by atoms with Crippen LogP contribution in [0.3, 0.4) is 0 Å². The molecule has 2 aromatic heterocycles. The van der Waals surface area contributed by atoms with Crippen LogP contribution < -0.4 is 5.32 Å². The van der Waals surface area contributed by atoms with Gasteiger partial charge in [0.05, 0.1) is 16.3 Å². The molecule has 0 atom stereocenters. The summed E-state index contributed by atoms with van der Waals surface area (Å²) in [6.07, 6.45) is 4.53. The number of thiazole rings is 1. The second kappa shape index (κ2) is 8.82. The van der Waals surface area contributed by atoms with Crippen molar-refractivity contribution in [2.45, 2.75) is 30.5 Å². The predicted molar refractivity (Wildman–Crippen MR) is 102 cm³/mol.